The molecule has 0 aliphatic carbocycles. The van der Waals surface area contributed by atoms with Crippen molar-refractivity contribution < 1.29 is 22.6 Å². The molecule has 4 rings (SSSR count). The Labute approximate surface area is 146 Å². The number of nitrogens with one attached hydrogen (secondary N) is 1. The van der Waals surface area contributed by atoms with Crippen LogP contribution < -0.4 is 18.9 Å². The zero-order valence-electron chi connectivity index (χ0n) is 13.9. The third kappa shape index (κ3) is 2.89. The molecule has 0 unspecified atom stereocenters. The van der Waals surface area contributed by atoms with Gasteiger partial charge in [0.25, 0.3) is 10.0 Å². The standard InChI is InChI=1S/C18H19NO5S/c1-2-22-14-5-3-13(4-6-14)19-25(20,21)18-15-8-10-23-16(15)11-12-7-9-24-17(12)18/h3-6,11,19H,2,7-10H2,1H3. The number of benzene rings is 2. The molecule has 0 spiro atoms. The normalized spacial score (nSPS) is 15.1. The highest BCUT2D eigenvalue weighted by Gasteiger charge is 2.33. The molecule has 7 heteroatoms. The van der Waals surface area contributed by atoms with Crippen LogP contribution in [0.2, 0.25) is 0 Å². The fourth-order valence-electron chi connectivity index (χ4n) is 3.22. The highest BCUT2D eigenvalue weighted by molar-refractivity contribution is 7.92. The van der Waals surface area contributed by atoms with E-state index in [1.807, 2.05) is 13.0 Å². The lowest BCUT2D eigenvalue weighted by molar-refractivity contribution is 0.340. The Morgan fingerprint density at radius 3 is 2.64 bits per heavy atom. The minimum absolute atomic E-state index is 0.212. The smallest absolute Gasteiger partial charge is 0.266 e. The molecule has 2 aliphatic heterocycles. The van der Waals surface area contributed by atoms with Crippen LogP contribution in [-0.2, 0) is 22.9 Å². The topological polar surface area (TPSA) is 73.9 Å². The highest BCUT2D eigenvalue weighted by Crippen LogP contribution is 2.43. The molecule has 0 aromatic heterocycles. The van der Waals surface area contributed by atoms with Crippen LogP contribution in [-0.4, -0.2) is 28.2 Å². The van der Waals surface area contributed by atoms with Crippen molar-refractivity contribution in [3.8, 4) is 17.2 Å². The molecule has 2 heterocycles. The molecule has 0 fully saturated rings. The Morgan fingerprint density at radius 2 is 1.88 bits per heavy atom. The first-order valence-corrected chi connectivity index (χ1v) is 9.77. The predicted octanol–water partition coefficient (Wildman–Crippen LogP) is 2.76. The molecule has 1 N–H and O–H groups in total. The second kappa shape index (κ2) is 6.15. The molecule has 0 atom stereocenters. The molecule has 6 nitrogen and oxygen atoms in total. The van der Waals surface area contributed by atoms with Gasteiger partial charge in [-0.1, -0.05) is 0 Å². The summed E-state index contributed by atoms with van der Waals surface area (Å²) < 4.78 is 45.4. The van der Waals surface area contributed by atoms with Crippen molar-refractivity contribution in [3.05, 3.63) is 41.5 Å². The highest BCUT2D eigenvalue weighted by atomic mass is 32.2. The largest absolute Gasteiger partial charge is 0.494 e. The number of rotatable bonds is 5. The number of sulfonamides is 1. The fourth-order valence-corrected chi connectivity index (χ4v) is 4.73. The van der Waals surface area contributed by atoms with Crippen molar-refractivity contribution in [1.29, 1.82) is 0 Å². The molecule has 132 valence electrons. The molecule has 0 saturated carbocycles. The summed E-state index contributed by atoms with van der Waals surface area (Å²) in [5.74, 6) is 1.81. The molecular weight excluding hydrogens is 342 g/mol. The van der Waals surface area contributed by atoms with Gasteiger partial charge in [-0.15, -0.1) is 0 Å². The first-order valence-electron chi connectivity index (χ1n) is 8.28. The summed E-state index contributed by atoms with van der Waals surface area (Å²) in [5, 5.41) is 0. The summed E-state index contributed by atoms with van der Waals surface area (Å²) in [6.07, 6.45) is 1.25. The Kier molecular flexibility index (Phi) is 3.95. The average molecular weight is 361 g/mol. The molecular formula is C18H19NO5S. The van der Waals surface area contributed by atoms with Crippen LogP contribution in [0.25, 0.3) is 0 Å². The quantitative estimate of drug-likeness (QED) is 0.886. The summed E-state index contributed by atoms with van der Waals surface area (Å²) in [7, 11) is -3.78. The van der Waals surface area contributed by atoms with E-state index in [1.54, 1.807) is 24.3 Å². The van der Waals surface area contributed by atoms with Gasteiger partial charge in [-0.05, 0) is 37.3 Å². The Hall–Kier alpha value is -2.41. The lowest BCUT2D eigenvalue weighted by Crippen LogP contribution is -2.16. The molecule has 2 aromatic rings. The van der Waals surface area contributed by atoms with Crippen LogP contribution in [0, 0.1) is 0 Å². The molecule has 25 heavy (non-hydrogen) atoms. The van der Waals surface area contributed by atoms with Crippen LogP contribution in [0.5, 0.6) is 17.2 Å². The van der Waals surface area contributed by atoms with Crippen molar-refractivity contribution in [1.82, 2.24) is 0 Å². The van der Waals surface area contributed by atoms with Crippen LogP contribution >= 0.6 is 0 Å². The van der Waals surface area contributed by atoms with Gasteiger partial charge in [0.1, 0.15) is 22.1 Å². The monoisotopic (exact) mass is 361 g/mol. The molecule has 2 aromatic carbocycles. The third-order valence-corrected chi connectivity index (χ3v) is 5.76. The first-order chi connectivity index (χ1) is 12.1. The van der Waals surface area contributed by atoms with E-state index in [-0.39, 0.29) is 4.90 Å². The maximum absolute atomic E-state index is 13.1. The van der Waals surface area contributed by atoms with E-state index >= 15 is 0 Å². The van der Waals surface area contributed by atoms with Gasteiger partial charge in [0, 0.05) is 29.7 Å². The van der Waals surface area contributed by atoms with E-state index in [1.165, 1.54) is 0 Å². The van der Waals surface area contributed by atoms with Crippen LogP contribution in [0.4, 0.5) is 5.69 Å². The van der Waals surface area contributed by atoms with Gasteiger partial charge in [-0.3, -0.25) is 4.72 Å². The zero-order valence-corrected chi connectivity index (χ0v) is 14.7. The van der Waals surface area contributed by atoms with Crippen molar-refractivity contribution >= 4 is 15.7 Å². The Bertz CT molecular complexity index is 874. The lowest BCUT2D eigenvalue weighted by Gasteiger charge is -2.15. The summed E-state index contributed by atoms with van der Waals surface area (Å²) in [6.45, 7) is 3.44. The van der Waals surface area contributed by atoms with E-state index in [0.717, 1.165) is 5.56 Å². The van der Waals surface area contributed by atoms with E-state index < -0.39 is 10.0 Å². The Morgan fingerprint density at radius 1 is 1.12 bits per heavy atom. The maximum atomic E-state index is 13.1. The van der Waals surface area contributed by atoms with E-state index in [4.69, 9.17) is 14.2 Å². The number of ether oxygens (including phenoxy) is 3. The van der Waals surface area contributed by atoms with Gasteiger partial charge >= 0.3 is 0 Å². The summed E-state index contributed by atoms with van der Waals surface area (Å²) in [4.78, 5) is 0.212. The van der Waals surface area contributed by atoms with E-state index in [9.17, 15) is 8.42 Å². The van der Waals surface area contributed by atoms with Crippen molar-refractivity contribution in [2.75, 3.05) is 24.5 Å². The first kappa shape index (κ1) is 16.1. The minimum atomic E-state index is -3.78. The zero-order chi connectivity index (χ0) is 17.4. The van der Waals surface area contributed by atoms with Crippen molar-refractivity contribution in [2.24, 2.45) is 0 Å². The average Bonchev–Trinajstić information content (AvgIpc) is 3.22. The number of anilines is 1. The molecule has 0 amide bonds. The summed E-state index contributed by atoms with van der Waals surface area (Å²) >= 11 is 0. The maximum Gasteiger partial charge on any atom is 0.266 e. The number of fused-ring (bicyclic) bond motifs is 2. The second-order valence-electron chi connectivity index (χ2n) is 5.93. The Balaban J connectivity index is 1.71. The molecule has 0 saturated heterocycles. The SMILES string of the molecule is CCOc1ccc(NS(=O)(=O)c2c3c(cc4c2OCC4)OCC3)cc1. The fraction of sp³-hybridized carbons (Fsp3) is 0.333. The second-order valence-corrected chi connectivity index (χ2v) is 7.55. The van der Waals surface area contributed by atoms with Gasteiger partial charge in [-0.25, -0.2) is 8.42 Å². The third-order valence-electron chi connectivity index (χ3n) is 4.29. The molecule has 0 radical (unpaired) electrons. The minimum Gasteiger partial charge on any atom is -0.494 e. The van der Waals surface area contributed by atoms with Crippen LogP contribution in [0.1, 0.15) is 18.1 Å². The van der Waals surface area contributed by atoms with Crippen LogP contribution in [0.3, 0.4) is 0 Å². The van der Waals surface area contributed by atoms with Crippen molar-refractivity contribution in [2.45, 2.75) is 24.7 Å². The van der Waals surface area contributed by atoms with Crippen molar-refractivity contribution in [3.63, 3.8) is 0 Å². The van der Waals surface area contributed by atoms with E-state index in [0.29, 0.717) is 61.2 Å². The summed E-state index contributed by atoms with van der Waals surface area (Å²) in [6, 6.07) is 8.74. The molecule has 2 aliphatic rings. The van der Waals surface area contributed by atoms with Crippen LogP contribution in [0.15, 0.2) is 35.2 Å². The number of hydrogen-bond donors (Lipinski definition) is 1. The number of hydrogen-bond acceptors (Lipinski definition) is 5. The predicted molar refractivity (Wildman–Crippen MR) is 93.3 cm³/mol. The summed E-state index contributed by atoms with van der Waals surface area (Å²) in [5.41, 5.74) is 2.05. The molecule has 0 bridgehead atoms. The lowest BCUT2D eigenvalue weighted by atomic mass is 10.1. The van der Waals surface area contributed by atoms with E-state index in [2.05, 4.69) is 4.72 Å². The van der Waals surface area contributed by atoms with Gasteiger partial charge in [-0.2, -0.15) is 0 Å². The van der Waals surface area contributed by atoms with Gasteiger partial charge < -0.3 is 14.2 Å². The van der Waals surface area contributed by atoms with Gasteiger partial charge in [0.15, 0.2) is 0 Å². The van der Waals surface area contributed by atoms with Gasteiger partial charge in [0.2, 0.25) is 0 Å². The van der Waals surface area contributed by atoms with Gasteiger partial charge in [0.05, 0.1) is 19.8 Å².